The maximum absolute atomic E-state index is 9.25. The Hall–Kier alpha value is -0.240. The standard InChI is InChI=1S/C7H18N2O4/c8-4(2-10)6(12)1-7(13)5(9)3-11/h4-7,10-13H,1-3,8-9H2/t4-,5-,6+,7+/m0/s1. The van der Waals surface area contributed by atoms with Crippen molar-refractivity contribution in [2.75, 3.05) is 13.2 Å². The van der Waals surface area contributed by atoms with Gasteiger partial charge in [0.1, 0.15) is 0 Å². The molecule has 0 aliphatic rings. The van der Waals surface area contributed by atoms with Crippen LogP contribution in [0.4, 0.5) is 0 Å². The van der Waals surface area contributed by atoms with Gasteiger partial charge in [-0.05, 0) is 0 Å². The van der Waals surface area contributed by atoms with Gasteiger partial charge in [0.05, 0.1) is 37.5 Å². The van der Waals surface area contributed by atoms with E-state index in [9.17, 15) is 10.2 Å². The van der Waals surface area contributed by atoms with E-state index in [4.69, 9.17) is 21.7 Å². The monoisotopic (exact) mass is 194 g/mol. The average Bonchev–Trinajstić information content (AvgIpc) is 2.14. The minimum atomic E-state index is -1.02. The minimum Gasteiger partial charge on any atom is -0.395 e. The lowest BCUT2D eigenvalue weighted by atomic mass is 10.0. The SMILES string of the molecule is N[C@@H](CO)[C@H](O)C[C@@H](O)[C@@H](N)CO. The molecule has 0 aliphatic heterocycles. The third-order valence-corrected chi connectivity index (χ3v) is 1.89. The van der Waals surface area contributed by atoms with Crippen molar-refractivity contribution in [2.45, 2.75) is 30.7 Å². The van der Waals surface area contributed by atoms with Crippen LogP contribution in [0.25, 0.3) is 0 Å². The topological polar surface area (TPSA) is 133 Å². The molecule has 0 unspecified atom stereocenters. The van der Waals surface area contributed by atoms with E-state index in [2.05, 4.69) is 0 Å². The third kappa shape index (κ3) is 4.51. The number of aliphatic hydroxyl groups excluding tert-OH is 4. The summed E-state index contributed by atoms with van der Waals surface area (Å²) in [6.45, 7) is -0.718. The van der Waals surface area contributed by atoms with E-state index in [1.54, 1.807) is 0 Å². The van der Waals surface area contributed by atoms with Gasteiger partial charge < -0.3 is 31.9 Å². The largest absolute Gasteiger partial charge is 0.395 e. The van der Waals surface area contributed by atoms with Crippen molar-refractivity contribution < 1.29 is 20.4 Å². The highest BCUT2D eigenvalue weighted by Gasteiger charge is 2.21. The van der Waals surface area contributed by atoms with Gasteiger partial charge in [-0.15, -0.1) is 0 Å². The van der Waals surface area contributed by atoms with E-state index >= 15 is 0 Å². The molecule has 0 aliphatic carbocycles. The molecule has 0 bridgehead atoms. The zero-order chi connectivity index (χ0) is 10.4. The smallest absolute Gasteiger partial charge is 0.0738 e. The third-order valence-electron chi connectivity index (χ3n) is 1.89. The van der Waals surface area contributed by atoms with Crippen LogP contribution in [-0.2, 0) is 0 Å². The molecule has 6 nitrogen and oxygen atoms in total. The first-order chi connectivity index (χ1) is 6.02. The van der Waals surface area contributed by atoms with Crippen molar-refractivity contribution in [3.8, 4) is 0 Å². The van der Waals surface area contributed by atoms with Gasteiger partial charge in [0.25, 0.3) is 0 Å². The van der Waals surface area contributed by atoms with Gasteiger partial charge in [0, 0.05) is 6.42 Å². The van der Waals surface area contributed by atoms with Crippen molar-refractivity contribution in [1.82, 2.24) is 0 Å². The Morgan fingerprint density at radius 2 is 1.15 bits per heavy atom. The summed E-state index contributed by atoms with van der Waals surface area (Å²) < 4.78 is 0. The number of nitrogens with two attached hydrogens (primary N) is 2. The molecule has 0 saturated carbocycles. The first kappa shape index (κ1) is 12.8. The molecule has 13 heavy (non-hydrogen) atoms. The van der Waals surface area contributed by atoms with Crippen LogP contribution < -0.4 is 11.5 Å². The maximum Gasteiger partial charge on any atom is 0.0738 e. The molecule has 0 fully saturated rings. The second-order valence-electron chi connectivity index (χ2n) is 3.06. The number of rotatable bonds is 6. The summed E-state index contributed by atoms with van der Waals surface area (Å²) >= 11 is 0. The Morgan fingerprint density at radius 1 is 0.846 bits per heavy atom. The summed E-state index contributed by atoms with van der Waals surface area (Å²) in [6.07, 6.45) is -2.08. The number of hydrogen-bond acceptors (Lipinski definition) is 6. The van der Waals surface area contributed by atoms with E-state index < -0.39 is 24.3 Å². The first-order valence-electron chi connectivity index (χ1n) is 4.12. The molecular formula is C7H18N2O4. The van der Waals surface area contributed by atoms with E-state index in [0.717, 1.165) is 0 Å². The Kier molecular flexibility index (Phi) is 6.13. The summed E-state index contributed by atoms with van der Waals surface area (Å²) in [5.74, 6) is 0. The predicted molar refractivity (Wildman–Crippen MR) is 46.8 cm³/mol. The van der Waals surface area contributed by atoms with Gasteiger partial charge in [-0.3, -0.25) is 0 Å². The van der Waals surface area contributed by atoms with Gasteiger partial charge in [0.15, 0.2) is 0 Å². The lowest BCUT2D eigenvalue weighted by Gasteiger charge is -2.22. The molecule has 0 radical (unpaired) electrons. The molecule has 0 heterocycles. The summed E-state index contributed by atoms with van der Waals surface area (Å²) in [6, 6.07) is -1.58. The highest BCUT2D eigenvalue weighted by atomic mass is 16.3. The van der Waals surface area contributed by atoms with Crippen LogP contribution in [-0.4, -0.2) is 57.9 Å². The molecule has 0 aromatic carbocycles. The zero-order valence-corrected chi connectivity index (χ0v) is 7.37. The fraction of sp³-hybridized carbons (Fsp3) is 1.00. The van der Waals surface area contributed by atoms with Crippen molar-refractivity contribution in [2.24, 2.45) is 11.5 Å². The molecule has 8 N–H and O–H groups in total. The Balaban J connectivity index is 3.83. The normalized spacial score (nSPS) is 20.8. The van der Waals surface area contributed by atoms with Crippen LogP contribution in [0.1, 0.15) is 6.42 Å². The van der Waals surface area contributed by atoms with Crippen LogP contribution in [0.5, 0.6) is 0 Å². The molecule has 6 heteroatoms. The average molecular weight is 194 g/mol. The van der Waals surface area contributed by atoms with Gasteiger partial charge in [-0.2, -0.15) is 0 Å². The van der Waals surface area contributed by atoms with E-state index in [1.807, 2.05) is 0 Å². The van der Waals surface area contributed by atoms with Gasteiger partial charge in [0.2, 0.25) is 0 Å². The summed E-state index contributed by atoms with van der Waals surface area (Å²) in [5, 5.41) is 35.6. The van der Waals surface area contributed by atoms with Crippen LogP contribution in [0.2, 0.25) is 0 Å². The van der Waals surface area contributed by atoms with Crippen molar-refractivity contribution >= 4 is 0 Å². The highest BCUT2D eigenvalue weighted by Crippen LogP contribution is 2.04. The Bertz CT molecular complexity index is 122. The van der Waals surface area contributed by atoms with Gasteiger partial charge in [-0.1, -0.05) is 0 Å². The quantitative estimate of drug-likeness (QED) is 0.263. The van der Waals surface area contributed by atoms with Crippen molar-refractivity contribution in [3.63, 3.8) is 0 Å². The summed E-state index contributed by atoms with van der Waals surface area (Å²) in [5.41, 5.74) is 10.6. The van der Waals surface area contributed by atoms with E-state index in [1.165, 1.54) is 0 Å². The van der Waals surface area contributed by atoms with Crippen LogP contribution in [0.3, 0.4) is 0 Å². The Labute approximate surface area is 76.8 Å². The number of hydrogen-bond donors (Lipinski definition) is 6. The van der Waals surface area contributed by atoms with Crippen molar-refractivity contribution in [1.29, 1.82) is 0 Å². The van der Waals surface area contributed by atoms with Crippen LogP contribution in [0.15, 0.2) is 0 Å². The molecule has 80 valence electrons. The van der Waals surface area contributed by atoms with Gasteiger partial charge >= 0.3 is 0 Å². The molecule has 0 saturated heterocycles. The van der Waals surface area contributed by atoms with Crippen LogP contribution in [0, 0.1) is 0 Å². The molecule has 0 spiro atoms. The lowest BCUT2D eigenvalue weighted by molar-refractivity contribution is 0.0302. The molecular weight excluding hydrogens is 176 g/mol. The fourth-order valence-electron chi connectivity index (χ4n) is 0.840. The van der Waals surface area contributed by atoms with Crippen molar-refractivity contribution in [3.05, 3.63) is 0 Å². The van der Waals surface area contributed by atoms with Crippen LogP contribution >= 0.6 is 0 Å². The zero-order valence-electron chi connectivity index (χ0n) is 7.37. The fourth-order valence-corrected chi connectivity index (χ4v) is 0.840. The number of aliphatic hydroxyl groups is 4. The second kappa shape index (κ2) is 6.25. The predicted octanol–water partition coefficient (Wildman–Crippen LogP) is -3.26. The Morgan fingerprint density at radius 3 is 1.38 bits per heavy atom. The maximum atomic E-state index is 9.25. The molecule has 0 rings (SSSR count). The van der Waals surface area contributed by atoms with Gasteiger partial charge in [-0.25, -0.2) is 0 Å². The molecule has 0 aromatic heterocycles. The molecule has 0 amide bonds. The molecule has 4 atom stereocenters. The highest BCUT2D eigenvalue weighted by molar-refractivity contribution is 4.79. The molecule has 0 aromatic rings. The summed E-state index contributed by atoms with van der Waals surface area (Å²) in [4.78, 5) is 0. The minimum absolute atomic E-state index is 0.0521. The lowest BCUT2D eigenvalue weighted by Crippen LogP contribution is -2.45. The van der Waals surface area contributed by atoms with E-state index in [-0.39, 0.29) is 19.6 Å². The summed E-state index contributed by atoms with van der Waals surface area (Å²) in [7, 11) is 0. The second-order valence-corrected chi connectivity index (χ2v) is 3.06. The van der Waals surface area contributed by atoms with E-state index in [0.29, 0.717) is 0 Å². The first-order valence-corrected chi connectivity index (χ1v) is 4.12.